The molecule has 3 aromatic heterocycles. The first-order valence-electron chi connectivity index (χ1n) is 5.89. The summed E-state index contributed by atoms with van der Waals surface area (Å²) in [6, 6.07) is 4.86. The summed E-state index contributed by atoms with van der Waals surface area (Å²) in [4.78, 5) is 13.6. The monoisotopic (exact) mass is 274 g/mol. The van der Waals surface area contributed by atoms with Gasteiger partial charge in [0, 0.05) is 12.7 Å². The van der Waals surface area contributed by atoms with Crippen LogP contribution in [0, 0.1) is 5.82 Å². The van der Waals surface area contributed by atoms with E-state index < -0.39 is 5.82 Å². The topological polar surface area (TPSA) is 50.7 Å². The van der Waals surface area contributed by atoms with Crippen molar-refractivity contribution in [1.29, 1.82) is 0 Å². The number of pyridine rings is 1. The molecule has 96 valence electrons. The van der Waals surface area contributed by atoms with Crippen molar-refractivity contribution in [3.63, 3.8) is 0 Å². The van der Waals surface area contributed by atoms with Gasteiger partial charge in [0.2, 0.25) is 0 Å². The van der Waals surface area contributed by atoms with Crippen LogP contribution in [-0.2, 0) is 0 Å². The van der Waals surface area contributed by atoms with E-state index in [2.05, 4.69) is 20.3 Å². The van der Waals surface area contributed by atoms with Crippen molar-refractivity contribution in [1.82, 2.24) is 15.0 Å². The van der Waals surface area contributed by atoms with Crippen LogP contribution in [0.15, 0.2) is 29.8 Å². The van der Waals surface area contributed by atoms with Crippen molar-refractivity contribution >= 4 is 27.4 Å². The third kappa shape index (κ3) is 2.15. The van der Waals surface area contributed by atoms with Crippen LogP contribution >= 0.6 is 11.3 Å². The lowest BCUT2D eigenvalue weighted by atomic mass is 10.3. The Balaban J connectivity index is 2.22. The molecule has 0 saturated heterocycles. The largest absolute Gasteiger partial charge is 0.370 e. The molecular formula is C13H11FN4S. The molecule has 4 nitrogen and oxygen atoms in total. The third-order valence-electron chi connectivity index (χ3n) is 2.64. The number of halogens is 1. The predicted molar refractivity (Wildman–Crippen MR) is 74.8 cm³/mol. The molecule has 3 rings (SSSR count). The molecule has 0 aromatic carbocycles. The van der Waals surface area contributed by atoms with Crippen LogP contribution in [0.5, 0.6) is 0 Å². The Kier molecular flexibility index (Phi) is 3.08. The summed E-state index contributed by atoms with van der Waals surface area (Å²) in [6.07, 6.45) is 1.54. The zero-order chi connectivity index (χ0) is 13.2. The quantitative estimate of drug-likeness (QED) is 0.796. The highest BCUT2D eigenvalue weighted by Crippen LogP contribution is 2.28. The maximum absolute atomic E-state index is 13.8. The van der Waals surface area contributed by atoms with Gasteiger partial charge in [0.1, 0.15) is 16.3 Å². The Labute approximate surface area is 113 Å². The van der Waals surface area contributed by atoms with Gasteiger partial charge in [0.05, 0.1) is 5.39 Å². The summed E-state index contributed by atoms with van der Waals surface area (Å²) in [7, 11) is 0. The Morgan fingerprint density at radius 2 is 2.21 bits per heavy atom. The third-order valence-corrected chi connectivity index (χ3v) is 3.45. The molecule has 0 spiro atoms. The number of anilines is 1. The molecule has 0 saturated carbocycles. The Hall–Kier alpha value is -2.08. The second-order valence-corrected chi connectivity index (χ2v) is 4.79. The fourth-order valence-corrected chi connectivity index (χ4v) is 2.58. The molecule has 0 radical (unpaired) electrons. The highest BCUT2D eigenvalue weighted by molar-refractivity contribution is 7.16. The SMILES string of the molecule is CCNc1nc(-c2ncccc2F)nc2sccc12. The van der Waals surface area contributed by atoms with Gasteiger partial charge in [-0.1, -0.05) is 0 Å². The van der Waals surface area contributed by atoms with Crippen molar-refractivity contribution in [2.24, 2.45) is 0 Å². The predicted octanol–water partition coefficient (Wildman–Crippen LogP) is 3.32. The van der Waals surface area contributed by atoms with Crippen molar-refractivity contribution < 1.29 is 4.39 Å². The zero-order valence-corrected chi connectivity index (χ0v) is 11.0. The Morgan fingerprint density at radius 3 is 3.00 bits per heavy atom. The summed E-state index contributed by atoms with van der Waals surface area (Å²) < 4.78 is 13.8. The fourth-order valence-electron chi connectivity index (χ4n) is 1.81. The zero-order valence-electron chi connectivity index (χ0n) is 10.2. The van der Waals surface area contributed by atoms with E-state index in [1.165, 1.54) is 23.6 Å². The van der Waals surface area contributed by atoms with E-state index in [-0.39, 0.29) is 5.69 Å². The Bertz CT molecular complexity index is 725. The first kappa shape index (κ1) is 12.0. The van der Waals surface area contributed by atoms with Crippen molar-refractivity contribution in [3.8, 4) is 11.5 Å². The maximum atomic E-state index is 13.8. The van der Waals surface area contributed by atoms with Crippen LogP contribution in [0.1, 0.15) is 6.92 Å². The highest BCUT2D eigenvalue weighted by atomic mass is 32.1. The summed E-state index contributed by atoms with van der Waals surface area (Å²) in [5.74, 6) is 0.610. The molecule has 0 atom stereocenters. The second-order valence-electron chi connectivity index (χ2n) is 3.90. The fraction of sp³-hybridized carbons (Fsp3) is 0.154. The summed E-state index contributed by atoms with van der Waals surface area (Å²) in [5.41, 5.74) is 0.178. The van der Waals surface area contributed by atoms with E-state index >= 15 is 0 Å². The van der Waals surface area contributed by atoms with Crippen LogP contribution in [0.4, 0.5) is 10.2 Å². The van der Waals surface area contributed by atoms with Crippen molar-refractivity contribution in [2.75, 3.05) is 11.9 Å². The van der Waals surface area contributed by atoms with E-state index in [0.29, 0.717) is 11.6 Å². The normalized spacial score (nSPS) is 10.8. The number of hydrogen-bond acceptors (Lipinski definition) is 5. The standard InChI is InChI=1S/C13H11FN4S/c1-2-15-11-8-5-7-19-13(8)18-12(17-11)10-9(14)4-3-6-16-10/h3-7H,2H2,1H3,(H,15,17,18). The van der Waals surface area contributed by atoms with Crippen molar-refractivity contribution in [2.45, 2.75) is 6.92 Å². The number of fused-ring (bicyclic) bond motifs is 1. The van der Waals surface area contributed by atoms with Gasteiger partial charge in [-0.2, -0.15) is 0 Å². The number of rotatable bonds is 3. The van der Waals surface area contributed by atoms with Crippen LogP contribution < -0.4 is 5.32 Å². The van der Waals surface area contributed by atoms with Crippen LogP contribution in [0.2, 0.25) is 0 Å². The molecule has 0 fully saturated rings. The summed E-state index contributed by atoms with van der Waals surface area (Å²) in [6.45, 7) is 2.73. The molecule has 3 aromatic rings. The molecule has 0 bridgehead atoms. The van der Waals surface area contributed by atoms with Crippen LogP contribution in [-0.4, -0.2) is 21.5 Å². The molecule has 0 aliphatic carbocycles. The van der Waals surface area contributed by atoms with Gasteiger partial charge in [-0.15, -0.1) is 11.3 Å². The molecule has 19 heavy (non-hydrogen) atoms. The number of aromatic nitrogens is 3. The van der Waals surface area contributed by atoms with Gasteiger partial charge in [-0.3, -0.25) is 0 Å². The van der Waals surface area contributed by atoms with Gasteiger partial charge in [-0.25, -0.2) is 19.3 Å². The molecule has 0 amide bonds. The molecule has 0 aliphatic rings. The minimum absolute atomic E-state index is 0.178. The average Bonchev–Trinajstić information content (AvgIpc) is 2.88. The lowest BCUT2D eigenvalue weighted by Crippen LogP contribution is -2.03. The lowest BCUT2D eigenvalue weighted by Gasteiger charge is -2.07. The number of nitrogens with one attached hydrogen (secondary N) is 1. The lowest BCUT2D eigenvalue weighted by molar-refractivity contribution is 0.624. The number of hydrogen-bond donors (Lipinski definition) is 1. The van der Waals surface area contributed by atoms with Gasteiger partial charge in [-0.05, 0) is 30.5 Å². The van der Waals surface area contributed by atoms with Crippen LogP contribution in [0.25, 0.3) is 21.7 Å². The summed E-state index contributed by atoms with van der Waals surface area (Å²) in [5, 5.41) is 6.07. The van der Waals surface area contributed by atoms with Gasteiger partial charge in [0.15, 0.2) is 11.6 Å². The van der Waals surface area contributed by atoms with E-state index in [1.807, 2.05) is 18.4 Å². The molecular weight excluding hydrogens is 263 g/mol. The molecule has 6 heteroatoms. The minimum atomic E-state index is -0.416. The Morgan fingerprint density at radius 1 is 1.32 bits per heavy atom. The molecule has 0 unspecified atom stereocenters. The second kappa shape index (κ2) is 4.89. The molecule has 0 aliphatic heterocycles. The van der Waals surface area contributed by atoms with E-state index in [1.54, 1.807) is 6.07 Å². The first-order valence-corrected chi connectivity index (χ1v) is 6.77. The van der Waals surface area contributed by atoms with Gasteiger partial charge >= 0.3 is 0 Å². The molecule has 1 N–H and O–H groups in total. The number of nitrogens with zero attached hydrogens (tertiary/aromatic N) is 3. The minimum Gasteiger partial charge on any atom is -0.370 e. The average molecular weight is 274 g/mol. The van der Waals surface area contributed by atoms with Crippen LogP contribution in [0.3, 0.4) is 0 Å². The van der Waals surface area contributed by atoms with Gasteiger partial charge < -0.3 is 5.32 Å². The first-order chi connectivity index (χ1) is 9.29. The maximum Gasteiger partial charge on any atom is 0.184 e. The number of thiophene rings is 1. The van der Waals surface area contributed by atoms with Crippen molar-refractivity contribution in [3.05, 3.63) is 35.6 Å². The van der Waals surface area contributed by atoms with E-state index in [0.717, 1.165) is 16.8 Å². The van der Waals surface area contributed by atoms with E-state index in [4.69, 9.17) is 0 Å². The smallest absolute Gasteiger partial charge is 0.184 e. The highest BCUT2D eigenvalue weighted by Gasteiger charge is 2.13. The molecule has 3 heterocycles. The summed E-state index contributed by atoms with van der Waals surface area (Å²) >= 11 is 1.50. The van der Waals surface area contributed by atoms with E-state index in [9.17, 15) is 4.39 Å². The van der Waals surface area contributed by atoms with Gasteiger partial charge in [0.25, 0.3) is 0 Å².